The summed E-state index contributed by atoms with van der Waals surface area (Å²) in [5, 5.41) is 2.70. The lowest BCUT2D eigenvalue weighted by Crippen LogP contribution is -2.38. The fourth-order valence-corrected chi connectivity index (χ4v) is 4.07. The van der Waals surface area contributed by atoms with E-state index in [-0.39, 0.29) is 41.1 Å². The van der Waals surface area contributed by atoms with E-state index in [1.807, 2.05) is 4.90 Å². The molecule has 1 atom stereocenters. The summed E-state index contributed by atoms with van der Waals surface area (Å²) in [6, 6.07) is 4.42. The van der Waals surface area contributed by atoms with Gasteiger partial charge in [0.15, 0.2) is 0 Å². The summed E-state index contributed by atoms with van der Waals surface area (Å²) in [6.07, 6.45) is 5.51. The van der Waals surface area contributed by atoms with Crippen molar-refractivity contribution in [1.82, 2.24) is 4.90 Å². The average Bonchev–Trinajstić information content (AvgIpc) is 3.15. The third-order valence-electron chi connectivity index (χ3n) is 5.65. The van der Waals surface area contributed by atoms with Gasteiger partial charge in [-0.2, -0.15) is 0 Å². The van der Waals surface area contributed by atoms with Crippen LogP contribution in [0.1, 0.15) is 59.2 Å². The second kappa shape index (κ2) is 9.07. The first-order valence-electron chi connectivity index (χ1n) is 9.85. The number of hydrogen-bond donors (Lipinski definition) is 1. The Balaban J connectivity index is 1.76. The number of nitrogens with zero attached hydrogens (tertiary/aromatic N) is 1. The van der Waals surface area contributed by atoms with E-state index in [0.29, 0.717) is 6.54 Å². The van der Waals surface area contributed by atoms with Gasteiger partial charge in [-0.3, -0.25) is 9.59 Å². The Labute approximate surface area is 169 Å². The van der Waals surface area contributed by atoms with Gasteiger partial charge in [-0.05, 0) is 31.0 Å². The highest BCUT2D eigenvalue weighted by atomic mass is 16.5. The van der Waals surface area contributed by atoms with Gasteiger partial charge in [-0.15, -0.1) is 0 Å². The summed E-state index contributed by atoms with van der Waals surface area (Å²) in [5.74, 6) is -2.09. The van der Waals surface area contributed by atoms with E-state index >= 15 is 0 Å². The van der Waals surface area contributed by atoms with Crippen molar-refractivity contribution in [2.24, 2.45) is 5.92 Å². The molecular weight excluding hydrogens is 376 g/mol. The van der Waals surface area contributed by atoms with Gasteiger partial charge >= 0.3 is 11.9 Å². The first-order valence-corrected chi connectivity index (χ1v) is 9.85. The van der Waals surface area contributed by atoms with Crippen molar-refractivity contribution < 1.29 is 28.7 Å². The maximum absolute atomic E-state index is 12.8. The molecule has 8 heteroatoms. The number of hydrogen-bond acceptors (Lipinski definition) is 6. The predicted molar refractivity (Wildman–Crippen MR) is 104 cm³/mol. The molecule has 3 rings (SSSR count). The monoisotopic (exact) mass is 402 g/mol. The van der Waals surface area contributed by atoms with Crippen LogP contribution in [0.2, 0.25) is 0 Å². The van der Waals surface area contributed by atoms with Crippen LogP contribution < -0.4 is 5.32 Å². The van der Waals surface area contributed by atoms with Crippen LogP contribution >= 0.6 is 0 Å². The Bertz CT molecular complexity index is 815. The minimum Gasteiger partial charge on any atom is -0.465 e. The molecule has 2 fully saturated rings. The maximum Gasteiger partial charge on any atom is 0.339 e. The zero-order valence-corrected chi connectivity index (χ0v) is 16.7. The highest BCUT2D eigenvalue weighted by Crippen LogP contribution is 2.30. The zero-order chi connectivity index (χ0) is 21.0. The van der Waals surface area contributed by atoms with Gasteiger partial charge in [0.05, 0.1) is 37.0 Å². The molecule has 0 bridgehead atoms. The Morgan fingerprint density at radius 3 is 2.38 bits per heavy atom. The number of carbonyl (C=O) groups is 4. The maximum atomic E-state index is 12.8. The van der Waals surface area contributed by atoms with Crippen LogP contribution in [0.25, 0.3) is 0 Å². The third kappa shape index (κ3) is 4.58. The van der Waals surface area contributed by atoms with E-state index in [1.54, 1.807) is 0 Å². The molecule has 0 spiro atoms. The summed E-state index contributed by atoms with van der Waals surface area (Å²) in [4.78, 5) is 51.0. The van der Waals surface area contributed by atoms with Crippen LogP contribution in [0.15, 0.2) is 18.2 Å². The molecule has 1 aliphatic heterocycles. The summed E-state index contributed by atoms with van der Waals surface area (Å²) in [5.41, 5.74) is 0.483. The highest BCUT2D eigenvalue weighted by Gasteiger charge is 2.38. The highest BCUT2D eigenvalue weighted by molar-refractivity contribution is 6.05. The third-order valence-corrected chi connectivity index (χ3v) is 5.65. The van der Waals surface area contributed by atoms with Crippen LogP contribution in [-0.4, -0.2) is 55.5 Å². The molecule has 29 heavy (non-hydrogen) atoms. The number of anilines is 1. The van der Waals surface area contributed by atoms with Crippen LogP contribution in [-0.2, 0) is 19.1 Å². The molecule has 1 unspecified atom stereocenters. The fourth-order valence-electron chi connectivity index (χ4n) is 4.07. The van der Waals surface area contributed by atoms with Gasteiger partial charge in [0.2, 0.25) is 11.8 Å². The number of esters is 2. The van der Waals surface area contributed by atoms with Crippen LogP contribution in [0, 0.1) is 5.92 Å². The minimum absolute atomic E-state index is 0.00597. The molecule has 0 aromatic heterocycles. The predicted octanol–water partition coefficient (Wildman–Crippen LogP) is 2.38. The lowest BCUT2D eigenvalue weighted by molar-refractivity contribution is -0.130. The standard InChI is InChI=1S/C21H26N2O6/c1-28-20(26)13-8-9-16(21(27)29-2)17(10-13)22-19(25)14-11-18(24)23(12-14)15-6-4-3-5-7-15/h8-10,14-15H,3-7,11-12H2,1-2H3,(H,22,25). The Morgan fingerprint density at radius 1 is 1.03 bits per heavy atom. The molecule has 0 radical (unpaired) electrons. The second-order valence-corrected chi connectivity index (χ2v) is 7.47. The molecule has 2 aliphatic rings. The SMILES string of the molecule is COC(=O)c1ccc(C(=O)OC)c(NC(=O)C2CC(=O)N(C3CCCCC3)C2)c1. The lowest BCUT2D eigenvalue weighted by atomic mass is 9.94. The number of ether oxygens (including phenoxy) is 2. The Hall–Kier alpha value is -2.90. The van der Waals surface area contributed by atoms with Crippen molar-refractivity contribution in [3.05, 3.63) is 29.3 Å². The number of benzene rings is 1. The zero-order valence-electron chi connectivity index (χ0n) is 16.7. The molecule has 1 aliphatic carbocycles. The molecule has 1 saturated carbocycles. The molecule has 1 saturated heterocycles. The minimum atomic E-state index is -0.636. The number of likely N-dealkylation sites (tertiary alicyclic amines) is 1. The van der Waals surface area contributed by atoms with Gasteiger partial charge < -0.3 is 19.7 Å². The molecule has 8 nitrogen and oxygen atoms in total. The van der Waals surface area contributed by atoms with Gasteiger partial charge in [0.1, 0.15) is 0 Å². The first kappa shape index (κ1) is 20.8. The summed E-state index contributed by atoms with van der Waals surface area (Å²) in [7, 11) is 2.48. The average molecular weight is 402 g/mol. The van der Waals surface area contributed by atoms with Crippen LogP contribution in [0.3, 0.4) is 0 Å². The van der Waals surface area contributed by atoms with Crippen molar-refractivity contribution in [2.45, 2.75) is 44.6 Å². The van der Waals surface area contributed by atoms with Gasteiger partial charge in [-0.1, -0.05) is 19.3 Å². The molecule has 2 amide bonds. The first-order chi connectivity index (χ1) is 13.9. The van der Waals surface area contributed by atoms with E-state index in [4.69, 9.17) is 9.47 Å². The Kier molecular flexibility index (Phi) is 6.51. The van der Waals surface area contributed by atoms with E-state index in [0.717, 1.165) is 25.7 Å². The summed E-state index contributed by atoms with van der Waals surface area (Å²) >= 11 is 0. The molecular formula is C21H26N2O6. The number of nitrogens with one attached hydrogen (secondary N) is 1. The Morgan fingerprint density at radius 2 is 1.72 bits per heavy atom. The normalized spacial score (nSPS) is 19.7. The van der Waals surface area contributed by atoms with Crippen molar-refractivity contribution in [1.29, 1.82) is 0 Å². The van der Waals surface area contributed by atoms with Gasteiger partial charge in [0.25, 0.3) is 0 Å². The van der Waals surface area contributed by atoms with Crippen LogP contribution in [0.5, 0.6) is 0 Å². The summed E-state index contributed by atoms with van der Waals surface area (Å²) < 4.78 is 9.45. The van der Waals surface area contributed by atoms with Crippen molar-refractivity contribution in [3.8, 4) is 0 Å². The van der Waals surface area contributed by atoms with E-state index in [9.17, 15) is 19.2 Å². The lowest BCUT2D eigenvalue weighted by Gasteiger charge is -2.31. The largest absolute Gasteiger partial charge is 0.465 e. The summed E-state index contributed by atoms with van der Waals surface area (Å²) in [6.45, 7) is 0.375. The van der Waals surface area contributed by atoms with Crippen molar-refractivity contribution >= 4 is 29.4 Å². The van der Waals surface area contributed by atoms with Gasteiger partial charge in [-0.25, -0.2) is 9.59 Å². The van der Waals surface area contributed by atoms with Gasteiger partial charge in [0, 0.05) is 19.0 Å². The fraction of sp³-hybridized carbons (Fsp3) is 0.524. The molecule has 1 aromatic rings. The molecule has 156 valence electrons. The number of methoxy groups -OCH3 is 2. The quantitative estimate of drug-likeness (QED) is 0.759. The molecule has 1 aromatic carbocycles. The van der Waals surface area contributed by atoms with E-state index < -0.39 is 17.9 Å². The second-order valence-electron chi connectivity index (χ2n) is 7.47. The van der Waals surface area contributed by atoms with Crippen LogP contribution in [0.4, 0.5) is 5.69 Å². The molecule has 1 N–H and O–H groups in total. The van der Waals surface area contributed by atoms with Crippen molar-refractivity contribution in [2.75, 3.05) is 26.1 Å². The van der Waals surface area contributed by atoms with E-state index in [2.05, 4.69) is 5.32 Å². The van der Waals surface area contributed by atoms with E-state index in [1.165, 1.54) is 38.8 Å². The molecule has 1 heterocycles. The number of rotatable bonds is 5. The smallest absolute Gasteiger partial charge is 0.339 e. The topological polar surface area (TPSA) is 102 Å². The number of amides is 2. The number of carbonyl (C=O) groups excluding carboxylic acids is 4. The van der Waals surface area contributed by atoms with Crippen molar-refractivity contribution in [3.63, 3.8) is 0 Å².